The zero-order valence-corrected chi connectivity index (χ0v) is 13.4. The molecule has 0 amide bonds. The van der Waals surface area contributed by atoms with Crippen molar-refractivity contribution >= 4 is 43.0 Å². The van der Waals surface area contributed by atoms with Crippen LogP contribution in [0.5, 0.6) is 0 Å². The molecule has 0 aliphatic rings. The van der Waals surface area contributed by atoms with E-state index in [1.54, 1.807) is 25.1 Å². The molecule has 1 aromatic heterocycles. The van der Waals surface area contributed by atoms with Gasteiger partial charge in [0.1, 0.15) is 4.90 Å². The molecular formula is C12H13BrN2O2S2. The molecule has 0 fully saturated rings. The summed E-state index contributed by atoms with van der Waals surface area (Å²) in [6, 6.07) is 8.81. The van der Waals surface area contributed by atoms with Crippen molar-refractivity contribution in [3.05, 3.63) is 44.6 Å². The number of sulfonamides is 1. The fourth-order valence-electron chi connectivity index (χ4n) is 1.73. The summed E-state index contributed by atoms with van der Waals surface area (Å²) in [6.45, 7) is 1.99. The Bertz CT molecular complexity index is 675. The molecule has 0 saturated carbocycles. The number of aryl methyl sites for hydroxylation is 1. The fraction of sp³-hybridized carbons (Fsp3) is 0.167. The largest absolute Gasteiger partial charge is 0.398 e. The van der Waals surface area contributed by atoms with Crippen molar-refractivity contribution in [2.24, 2.45) is 0 Å². The molecule has 7 heteroatoms. The number of thiophene rings is 1. The summed E-state index contributed by atoms with van der Waals surface area (Å²) in [6.07, 6.45) is 0. The van der Waals surface area contributed by atoms with Crippen LogP contribution >= 0.6 is 27.3 Å². The van der Waals surface area contributed by atoms with Crippen LogP contribution in [0.2, 0.25) is 0 Å². The highest BCUT2D eigenvalue weighted by molar-refractivity contribution is 9.11. The van der Waals surface area contributed by atoms with Crippen molar-refractivity contribution in [1.82, 2.24) is 4.72 Å². The van der Waals surface area contributed by atoms with Crippen LogP contribution in [-0.2, 0) is 16.6 Å². The van der Waals surface area contributed by atoms with Gasteiger partial charge in [0, 0.05) is 11.4 Å². The number of nitrogens with two attached hydrogens (primary N) is 1. The first kappa shape index (κ1) is 14.5. The molecule has 0 spiro atoms. The van der Waals surface area contributed by atoms with E-state index in [1.165, 1.54) is 11.3 Å². The summed E-state index contributed by atoms with van der Waals surface area (Å²) < 4.78 is 28.0. The smallest absolute Gasteiger partial charge is 0.243 e. The van der Waals surface area contributed by atoms with Crippen LogP contribution in [0.3, 0.4) is 0 Å². The van der Waals surface area contributed by atoms with Gasteiger partial charge in [-0.25, -0.2) is 13.1 Å². The molecule has 0 radical (unpaired) electrons. The second-order valence-corrected chi connectivity index (χ2v) is 8.27. The molecule has 2 rings (SSSR count). The van der Waals surface area contributed by atoms with Gasteiger partial charge in [0.05, 0.1) is 9.47 Å². The van der Waals surface area contributed by atoms with Gasteiger partial charge in [-0.2, -0.15) is 0 Å². The Morgan fingerprint density at radius 3 is 2.63 bits per heavy atom. The van der Waals surface area contributed by atoms with Crippen LogP contribution in [0.1, 0.15) is 10.4 Å². The number of benzene rings is 1. The van der Waals surface area contributed by atoms with Gasteiger partial charge in [0.25, 0.3) is 0 Å². The minimum atomic E-state index is -3.59. The second kappa shape index (κ2) is 5.62. The van der Waals surface area contributed by atoms with Crippen molar-refractivity contribution < 1.29 is 8.42 Å². The Morgan fingerprint density at radius 2 is 2.05 bits per heavy atom. The van der Waals surface area contributed by atoms with E-state index in [2.05, 4.69) is 20.7 Å². The first-order valence-electron chi connectivity index (χ1n) is 5.49. The number of nitrogens with one attached hydrogen (secondary N) is 1. The summed E-state index contributed by atoms with van der Waals surface area (Å²) in [5.74, 6) is 0. The highest BCUT2D eigenvalue weighted by atomic mass is 79.9. The minimum Gasteiger partial charge on any atom is -0.398 e. The van der Waals surface area contributed by atoms with Crippen LogP contribution in [0.15, 0.2) is 39.0 Å². The topological polar surface area (TPSA) is 72.2 Å². The molecular weight excluding hydrogens is 348 g/mol. The Hall–Kier alpha value is -0.890. The third kappa shape index (κ3) is 3.36. The van der Waals surface area contributed by atoms with Crippen molar-refractivity contribution in [1.29, 1.82) is 0 Å². The predicted octanol–water partition coefficient (Wildman–Crippen LogP) is 2.88. The van der Waals surface area contributed by atoms with E-state index >= 15 is 0 Å². The number of anilines is 1. The average molecular weight is 361 g/mol. The third-order valence-electron chi connectivity index (χ3n) is 2.58. The van der Waals surface area contributed by atoms with Crippen molar-refractivity contribution in [2.75, 3.05) is 5.73 Å². The first-order chi connectivity index (χ1) is 8.90. The van der Waals surface area contributed by atoms with Gasteiger partial charge in [0.2, 0.25) is 10.0 Å². The lowest BCUT2D eigenvalue weighted by Gasteiger charge is -2.10. The lowest BCUT2D eigenvalue weighted by Crippen LogP contribution is -2.24. The van der Waals surface area contributed by atoms with E-state index in [0.717, 1.165) is 8.66 Å². The first-order valence-corrected chi connectivity index (χ1v) is 8.58. The van der Waals surface area contributed by atoms with Crippen LogP contribution in [0.4, 0.5) is 5.69 Å². The van der Waals surface area contributed by atoms with Gasteiger partial charge in [-0.15, -0.1) is 11.3 Å². The van der Waals surface area contributed by atoms with Gasteiger partial charge in [-0.05, 0) is 46.6 Å². The van der Waals surface area contributed by atoms with Crippen molar-refractivity contribution in [2.45, 2.75) is 18.4 Å². The van der Waals surface area contributed by atoms with Crippen LogP contribution in [-0.4, -0.2) is 8.42 Å². The number of hydrogen-bond donors (Lipinski definition) is 2. The molecule has 1 heterocycles. The van der Waals surface area contributed by atoms with Gasteiger partial charge >= 0.3 is 0 Å². The molecule has 19 heavy (non-hydrogen) atoms. The molecule has 102 valence electrons. The number of rotatable bonds is 4. The van der Waals surface area contributed by atoms with Crippen LogP contribution in [0.25, 0.3) is 0 Å². The van der Waals surface area contributed by atoms with E-state index < -0.39 is 10.0 Å². The molecule has 0 aliphatic carbocycles. The molecule has 3 N–H and O–H groups in total. The SMILES string of the molecule is Cc1cccc(N)c1S(=O)(=O)NCc1ccc(Br)s1. The van der Waals surface area contributed by atoms with Crippen molar-refractivity contribution in [3.63, 3.8) is 0 Å². The average Bonchev–Trinajstić information content (AvgIpc) is 2.72. The predicted molar refractivity (Wildman–Crippen MR) is 81.6 cm³/mol. The lowest BCUT2D eigenvalue weighted by atomic mass is 10.2. The zero-order valence-electron chi connectivity index (χ0n) is 10.2. The Kier molecular flexibility index (Phi) is 4.29. The molecule has 0 unspecified atom stereocenters. The van der Waals surface area contributed by atoms with Crippen molar-refractivity contribution in [3.8, 4) is 0 Å². The summed E-state index contributed by atoms with van der Waals surface area (Å²) >= 11 is 4.83. The maximum atomic E-state index is 12.3. The zero-order chi connectivity index (χ0) is 14.0. The van der Waals surface area contributed by atoms with Crippen LogP contribution in [0, 0.1) is 6.92 Å². The molecule has 0 atom stereocenters. The summed E-state index contributed by atoms with van der Waals surface area (Å²) in [7, 11) is -3.59. The molecule has 0 aliphatic heterocycles. The van der Waals surface area contributed by atoms with Crippen LogP contribution < -0.4 is 10.5 Å². The molecule has 4 nitrogen and oxygen atoms in total. The number of hydrogen-bond acceptors (Lipinski definition) is 4. The highest BCUT2D eigenvalue weighted by Crippen LogP contribution is 2.24. The minimum absolute atomic E-state index is 0.158. The fourth-order valence-corrected chi connectivity index (χ4v) is 4.60. The summed E-state index contributed by atoms with van der Waals surface area (Å²) in [4.78, 5) is 1.09. The van der Waals surface area contributed by atoms with E-state index in [4.69, 9.17) is 5.73 Å². The van der Waals surface area contributed by atoms with Gasteiger partial charge < -0.3 is 5.73 Å². The lowest BCUT2D eigenvalue weighted by molar-refractivity contribution is 0.581. The van der Waals surface area contributed by atoms with Gasteiger partial charge in [0.15, 0.2) is 0 Å². The normalized spacial score (nSPS) is 11.7. The molecule has 1 aromatic carbocycles. The molecule has 2 aromatic rings. The highest BCUT2D eigenvalue weighted by Gasteiger charge is 2.19. The Balaban J connectivity index is 2.23. The van der Waals surface area contributed by atoms with E-state index in [9.17, 15) is 8.42 Å². The molecule has 0 bridgehead atoms. The van der Waals surface area contributed by atoms with Gasteiger partial charge in [-0.1, -0.05) is 12.1 Å². The molecule has 0 saturated heterocycles. The Morgan fingerprint density at radius 1 is 1.32 bits per heavy atom. The van der Waals surface area contributed by atoms with E-state index in [0.29, 0.717) is 5.56 Å². The summed E-state index contributed by atoms with van der Waals surface area (Å²) in [5.41, 5.74) is 6.66. The maximum absolute atomic E-state index is 12.3. The quantitative estimate of drug-likeness (QED) is 0.823. The monoisotopic (exact) mass is 360 g/mol. The van der Waals surface area contributed by atoms with E-state index in [1.807, 2.05) is 12.1 Å². The maximum Gasteiger partial charge on any atom is 0.243 e. The standard InChI is InChI=1S/C12H13BrN2O2S2/c1-8-3-2-4-10(14)12(8)19(16,17)15-7-9-5-6-11(13)18-9/h2-6,15H,7,14H2,1H3. The van der Waals surface area contributed by atoms with E-state index in [-0.39, 0.29) is 17.1 Å². The third-order valence-corrected chi connectivity index (χ3v) is 5.82. The van der Waals surface area contributed by atoms with Gasteiger partial charge in [-0.3, -0.25) is 0 Å². The second-order valence-electron chi connectivity index (χ2n) is 4.02. The number of nitrogen functional groups attached to an aromatic ring is 1. The number of halogens is 1. The Labute approximate surface area is 124 Å². The summed E-state index contributed by atoms with van der Waals surface area (Å²) in [5, 5.41) is 0.